The highest BCUT2D eigenvalue weighted by Gasteiger charge is 2.17. The van der Waals surface area contributed by atoms with E-state index in [9.17, 15) is 9.59 Å². The predicted molar refractivity (Wildman–Crippen MR) is 67.6 cm³/mol. The molecule has 0 aliphatic heterocycles. The molecule has 1 aromatic heterocycles. The minimum atomic E-state index is -0.236. The first-order chi connectivity index (χ1) is 8.46. The minimum Gasteiger partial charge on any atom is -0.482 e. The predicted octanol–water partition coefficient (Wildman–Crippen LogP) is 1.58. The fraction of sp³-hybridized carbons (Fsp3) is 0.462. The van der Waals surface area contributed by atoms with Crippen molar-refractivity contribution >= 4 is 12.2 Å². The zero-order chi connectivity index (χ0) is 13.6. The Morgan fingerprint density at radius 3 is 2.72 bits per heavy atom. The maximum atomic E-state index is 11.6. The van der Waals surface area contributed by atoms with Crippen LogP contribution in [0.3, 0.4) is 0 Å². The standard InChI is InChI=1S/C13H18N2O3/c1-4-13(2,3)15-12(17)9-18-11-6-5-10(8-16)14-7-11/h5-8H,4,9H2,1-3H3,(H,15,17). The van der Waals surface area contributed by atoms with Crippen molar-refractivity contribution in [3.63, 3.8) is 0 Å². The number of rotatable bonds is 6. The van der Waals surface area contributed by atoms with Crippen molar-refractivity contribution in [2.24, 2.45) is 0 Å². The SMILES string of the molecule is CCC(C)(C)NC(=O)COc1ccc(C=O)nc1. The number of nitrogens with zero attached hydrogens (tertiary/aromatic N) is 1. The van der Waals surface area contributed by atoms with Crippen molar-refractivity contribution in [1.29, 1.82) is 0 Å². The summed E-state index contributed by atoms with van der Waals surface area (Å²) in [5, 5.41) is 2.86. The van der Waals surface area contributed by atoms with Crippen LogP contribution in [0.2, 0.25) is 0 Å². The van der Waals surface area contributed by atoms with Crippen LogP contribution in [0.25, 0.3) is 0 Å². The molecule has 98 valence electrons. The van der Waals surface area contributed by atoms with E-state index in [0.717, 1.165) is 6.42 Å². The first-order valence-electron chi connectivity index (χ1n) is 5.82. The summed E-state index contributed by atoms with van der Waals surface area (Å²) in [5.74, 6) is 0.284. The molecule has 18 heavy (non-hydrogen) atoms. The number of pyridine rings is 1. The number of carbonyl (C=O) groups is 2. The van der Waals surface area contributed by atoms with Gasteiger partial charge in [-0.1, -0.05) is 6.92 Å². The third kappa shape index (κ3) is 4.53. The molecule has 0 aliphatic rings. The average Bonchev–Trinajstić information content (AvgIpc) is 2.36. The maximum absolute atomic E-state index is 11.6. The van der Waals surface area contributed by atoms with E-state index in [4.69, 9.17) is 4.74 Å². The molecule has 0 aliphatic carbocycles. The molecule has 5 heteroatoms. The number of hydrogen-bond donors (Lipinski definition) is 1. The van der Waals surface area contributed by atoms with E-state index in [1.165, 1.54) is 12.3 Å². The Morgan fingerprint density at radius 1 is 1.50 bits per heavy atom. The highest BCUT2D eigenvalue weighted by atomic mass is 16.5. The van der Waals surface area contributed by atoms with Crippen molar-refractivity contribution in [3.05, 3.63) is 24.0 Å². The van der Waals surface area contributed by atoms with E-state index in [1.54, 1.807) is 6.07 Å². The normalized spacial score (nSPS) is 10.8. The summed E-state index contributed by atoms with van der Waals surface area (Å²) in [6.07, 6.45) is 2.91. The largest absolute Gasteiger partial charge is 0.482 e. The summed E-state index contributed by atoms with van der Waals surface area (Å²) in [4.78, 5) is 25.8. The van der Waals surface area contributed by atoms with Crippen LogP contribution < -0.4 is 10.1 Å². The van der Waals surface area contributed by atoms with Crippen LogP contribution in [0.1, 0.15) is 37.7 Å². The Labute approximate surface area is 107 Å². The van der Waals surface area contributed by atoms with E-state index < -0.39 is 0 Å². The third-order valence-electron chi connectivity index (χ3n) is 2.61. The molecule has 0 atom stereocenters. The summed E-state index contributed by atoms with van der Waals surface area (Å²) in [5.41, 5.74) is 0.0963. The lowest BCUT2D eigenvalue weighted by Gasteiger charge is -2.24. The number of aldehydes is 1. The zero-order valence-electron chi connectivity index (χ0n) is 10.9. The molecule has 1 aromatic rings. The van der Waals surface area contributed by atoms with Gasteiger partial charge in [-0.05, 0) is 32.4 Å². The Kier molecular flexibility index (Phi) is 4.83. The second-order valence-electron chi connectivity index (χ2n) is 4.61. The van der Waals surface area contributed by atoms with Crippen LogP contribution in [-0.2, 0) is 4.79 Å². The van der Waals surface area contributed by atoms with Crippen molar-refractivity contribution in [3.8, 4) is 5.75 Å². The number of nitrogens with one attached hydrogen (secondary N) is 1. The monoisotopic (exact) mass is 250 g/mol. The molecule has 1 amide bonds. The summed E-state index contributed by atoms with van der Waals surface area (Å²) in [7, 11) is 0. The van der Waals surface area contributed by atoms with Gasteiger partial charge in [-0.3, -0.25) is 9.59 Å². The van der Waals surface area contributed by atoms with Gasteiger partial charge in [-0.15, -0.1) is 0 Å². The molecular formula is C13H18N2O3. The summed E-state index contributed by atoms with van der Waals surface area (Å²) >= 11 is 0. The van der Waals surface area contributed by atoms with Gasteiger partial charge in [-0.2, -0.15) is 0 Å². The number of carbonyl (C=O) groups excluding carboxylic acids is 2. The quantitative estimate of drug-likeness (QED) is 0.778. The fourth-order valence-electron chi connectivity index (χ4n) is 1.20. The van der Waals surface area contributed by atoms with Gasteiger partial charge in [0, 0.05) is 5.54 Å². The van der Waals surface area contributed by atoms with Gasteiger partial charge < -0.3 is 10.1 Å². The second kappa shape index (κ2) is 6.14. The van der Waals surface area contributed by atoms with Crippen LogP contribution in [0, 0.1) is 0 Å². The Hall–Kier alpha value is -1.91. The number of hydrogen-bond acceptors (Lipinski definition) is 4. The molecule has 0 bridgehead atoms. The van der Waals surface area contributed by atoms with Crippen LogP contribution in [0.5, 0.6) is 5.75 Å². The third-order valence-corrected chi connectivity index (χ3v) is 2.61. The Balaban J connectivity index is 2.44. The van der Waals surface area contributed by atoms with Gasteiger partial charge in [0.2, 0.25) is 0 Å². The van der Waals surface area contributed by atoms with E-state index in [0.29, 0.717) is 17.7 Å². The van der Waals surface area contributed by atoms with Gasteiger partial charge in [0.1, 0.15) is 11.4 Å². The Bertz CT molecular complexity index is 413. The number of amides is 1. The summed E-state index contributed by atoms with van der Waals surface area (Å²) in [6, 6.07) is 3.14. The van der Waals surface area contributed by atoms with E-state index in [1.807, 2.05) is 20.8 Å². The van der Waals surface area contributed by atoms with Crippen molar-refractivity contribution < 1.29 is 14.3 Å². The molecule has 0 aromatic carbocycles. The molecule has 1 heterocycles. The molecule has 1 N–H and O–H groups in total. The highest BCUT2D eigenvalue weighted by molar-refractivity contribution is 5.78. The lowest BCUT2D eigenvalue weighted by atomic mass is 10.0. The van der Waals surface area contributed by atoms with Crippen molar-refractivity contribution in [2.45, 2.75) is 32.7 Å². The topological polar surface area (TPSA) is 68.3 Å². The molecule has 1 rings (SSSR count). The molecule has 5 nitrogen and oxygen atoms in total. The van der Waals surface area contributed by atoms with Crippen LogP contribution >= 0.6 is 0 Å². The Morgan fingerprint density at radius 2 is 2.22 bits per heavy atom. The van der Waals surface area contributed by atoms with Gasteiger partial charge in [0.15, 0.2) is 12.9 Å². The van der Waals surface area contributed by atoms with Gasteiger partial charge >= 0.3 is 0 Å². The van der Waals surface area contributed by atoms with E-state index >= 15 is 0 Å². The first kappa shape index (κ1) is 14.2. The fourth-order valence-corrected chi connectivity index (χ4v) is 1.20. The van der Waals surface area contributed by atoms with Crippen molar-refractivity contribution in [2.75, 3.05) is 6.61 Å². The van der Waals surface area contributed by atoms with Crippen molar-refractivity contribution in [1.82, 2.24) is 10.3 Å². The smallest absolute Gasteiger partial charge is 0.258 e. The van der Waals surface area contributed by atoms with E-state index in [-0.39, 0.29) is 18.1 Å². The van der Waals surface area contributed by atoms with Gasteiger partial charge in [-0.25, -0.2) is 4.98 Å². The molecular weight excluding hydrogens is 232 g/mol. The summed E-state index contributed by atoms with van der Waals surface area (Å²) < 4.78 is 5.27. The van der Waals surface area contributed by atoms with Gasteiger partial charge in [0.25, 0.3) is 5.91 Å². The molecule has 0 fully saturated rings. The molecule has 0 radical (unpaired) electrons. The minimum absolute atomic E-state index is 0.0639. The number of ether oxygens (including phenoxy) is 1. The maximum Gasteiger partial charge on any atom is 0.258 e. The van der Waals surface area contributed by atoms with Crippen LogP contribution in [0.15, 0.2) is 18.3 Å². The second-order valence-corrected chi connectivity index (χ2v) is 4.61. The highest BCUT2D eigenvalue weighted by Crippen LogP contribution is 2.09. The molecule has 0 saturated carbocycles. The van der Waals surface area contributed by atoms with Gasteiger partial charge in [0.05, 0.1) is 6.20 Å². The lowest BCUT2D eigenvalue weighted by Crippen LogP contribution is -2.44. The van der Waals surface area contributed by atoms with Crippen LogP contribution in [0.4, 0.5) is 0 Å². The first-order valence-corrected chi connectivity index (χ1v) is 5.82. The average molecular weight is 250 g/mol. The van der Waals surface area contributed by atoms with Crippen LogP contribution in [-0.4, -0.2) is 29.3 Å². The number of aromatic nitrogens is 1. The summed E-state index contributed by atoms with van der Waals surface area (Å²) in [6.45, 7) is 5.84. The van der Waals surface area contributed by atoms with E-state index in [2.05, 4.69) is 10.3 Å². The molecule has 0 saturated heterocycles. The zero-order valence-corrected chi connectivity index (χ0v) is 10.9. The molecule has 0 unspecified atom stereocenters. The lowest BCUT2D eigenvalue weighted by molar-refractivity contribution is -0.124. The molecule has 0 spiro atoms.